The zero-order valence-electron chi connectivity index (χ0n) is 12.9. The monoisotopic (exact) mass is 345 g/mol. The number of nitrogens with one attached hydrogen (secondary N) is 1. The van der Waals surface area contributed by atoms with E-state index in [2.05, 4.69) is 15.5 Å². The van der Waals surface area contributed by atoms with Crippen molar-refractivity contribution in [1.82, 2.24) is 10.2 Å². The summed E-state index contributed by atoms with van der Waals surface area (Å²) in [6.07, 6.45) is 1.52. The number of anilines is 1. The van der Waals surface area contributed by atoms with Gasteiger partial charge in [0.2, 0.25) is 5.91 Å². The molecule has 24 heavy (non-hydrogen) atoms. The molecule has 0 aliphatic heterocycles. The first kappa shape index (κ1) is 16.1. The van der Waals surface area contributed by atoms with Crippen LogP contribution in [0.15, 0.2) is 56.7 Å². The minimum atomic E-state index is -0.165. The van der Waals surface area contributed by atoms with Gasteiger partial charge in [0.1, 0.15) is 5.75 Å². The lowest BCUT2D eigenvalue weighted by Crippen LogP contribution is -2.13. The molecule has 2 aromatic heterocycles. The third kappa shape index (κ3) is 4.17. The van der Waals surface area contributed by atoms with Crippen molar-refractivity contribution in [2.75, 3.05) is 17.7 Å². The molecule has 2 heterocycles. The van der Waals surface area contributed by atoms with Crippen LogP contribution in [0, 0.1) is 0 Å². The summed E-state index contributed by atoms with van der Waals surface area (Å²) in [5, 5.41) is 10.8. The summed E-state index contributed by atoms with van der Waals surface area (Å²) in [6.45, 7) is 2.52. The molecule has 0 radical (unpaired) electrons. The molecule has 1 amide bonds. The number of hydrogen-bond donors (Lipinski definition) is 1. The molecule has 0 aliphatic carbocycles. The fourth-order valence-electron chi connectivity index (χ4n) is 1.89. The van der Waals surface area contributed by atoms with Crippen LogP contribution in [-0.2, 0) is 4.79 Å². The van der Waals surface area contributed by atoms with Gasteiger partial charge in [-0.05, 0) is 43.3 Å². The van der Waals surface area contributed by atoms with Gasteiger partial charge < -0.3 is 18.9 Å². The fraction of sp³-hybridized carbons (Fsp3) is 0.188. The van der Waals surface area contributed by atoms with Crippen molar-refractivity contribution in [3.05, 3.63) is 42.7 Å². The third-order valence-electron chi connectivity index (χ3n) is 2.91. The van der Waals surface area contributed by atoms with E-state index in [-0.39, 0.29) is 17.6 Å². The Morgan fingerprint density at radius 3 is 2.79 bits per heavy atom. The number of carbonyl (C=O) groups excluding carboxylic acids is 1. The largest absolute Gasteiger partial charge is 0.494 e. The number of aromatic nitrogens is 2. The molecule has 8 heteroatoms. The van der Waals surface area contributed by atoms with E-state index in [0.29, 0.717) is 23.3 Å². The number of hydrogen-bond acceptors (Lipinski definition) is 7. The van der Waals surface area contributed by atoms with Crippen LogP contribution in [0.5, 0.6) is 5.75 Å². The number of rotatable bonds is 7. The van der Waals surface area contributed by atoms with E-state index < -0.39 is 0 Å². The van der Waals surface area contributed by atoms with Crippen LogP contribution in [0.3, 0.4) is 0 Å². The molecule has 3 aromatic rings. The van der Waals surface area contributed by atoms with Crippen LogP contribution in [-0.4, -0.2) is 28.5 Å². The Kier molecular flexibility index (Phi) is 5.17. The summed E-state index contributed by atoms with van der Waals surface area (Å²) in [4.78, 5) is 12.0. The van der Waals surface area contributed by atoms with E-state index in [1.807, 2.05) is 6.92 Å². The van der Waals surface area contributed by atoms with Crippen molar-refractivity contribution >= 4 is 23.4 Å². The summed E-state index contributed by atoms with van der Waals surface area (Å²) in [7, 11) is 0. The Morgan fingerprint density at radius 1 is 1.25 bits per heavy atom. The van der Waals surface area contributed by atoms with Crippen molar-refractivity contribution in [3.63, 3.8) is 0 Å². The second-order valence-electron chi connectivity index (χ2n) is 4.64. The Bertz CT molecular complexity index is 784. The van der Waals surface area contributed by atoms with Gasteiger partial charge >= 0.3 is 0 Å². The number of thioether (sulfide) groups is 1. The number of benzene rings is 1. The van der Waals surface area contributed by atoms with Gasteiger partial charge in [-0.1, -0.05) is 11.8 Å². The second kappa shape index (κ2) is 7.69. The van der Waals surface area contributed by atoms with Crippen LogP contribution in [0.2, 0.25) is 0 Å². The lowest BCUT2D eigenvalue weighted by molar-refractivity contribution is -0.113. The molecule has 7 nitrogen and oxygen atoms in total. The number of amides is 1. The van der Waals surface area contributed by atoms with Gasteiger partial charge in [0.05, 0.1) is 18.6 Å². The Labute approximate surface area is 142 Å². The first-order valence-corrected chi connectivity index (χ1v) is 8.26. The van der Waals surface area contributed by atoms with Crippen LogP contribution >= 0.6 is 11.8 Å². The SMILES string of the molecule is CCOc1ccc(NC(=O)CSc2nnc(-c3ccco3)o2)cc1. The smallest absolute Gasteiger partial charge is 0.284 e. The maximum atomic E-state index is 12.0. The van der Waals surface area contributed by atoms with Gasteiger partial charge in [-0.3, -0.25) is 4.79 Å². The van der Waals surface area contributed by atoms with E-state index in [9.17, 15) is 4.79 Å². The Balaban J connectivity index is 1.50. The van der Waals surface area contributed by atoms with Crippen molar-refractivity contribution in [3.8, 4) is 17.4 Å². The summed E-state index contributed by atoms with van der Waals surface area (Å²) in [5.41, 5.74) is 0.700. The second-order valence-corrected chi connectivity index (χ2v) is 5.57. The number of ether oxygens (including phenoxy) is 1. The summed E-state index contributed by atoms with van der Waals surface area (Å²) < 4.78 is 15.9. The van der Waals surface area contributed by atoms with E-state index >= 15 is 0 Å². The highest BCUT2D eigenvalue weighted by molar-refractivity contribution is 7.99. The number of carbonyl (C=O) groups is 1. The lowest BCUT2D eigenvalue weighted by atomic mass is 10.3. The Hall–Kier alpha value is -2.74. The molecule has 1 N–H and O–H groups in total. The zero-order valence-corrected chi connectivity index (χ0v) is 13.7. The number of nitrogens with zero attached hydrogens (tertiary/aromatic N) is 2. The van der Waals surface area contributed by atoms with Crippen LogP contribution < -0.4 is 10.1 Å². The zero-order chi connectivity index (χ0) is 16.8. The highest BCUT2D eigenvalue weighted by Gasteiger charge is 2.13. The van der Waals surface area contributed by atoms with Gasteiger partial charge in [0, 0.05) is 5.69 Å². The summed E-state index contributed by atoms with van der Waals surface area (Å²) in [6, 6.07) is 10.6. The maximum absolute atomic E-state index is 12.0. The fourth-order valence-corrected chi connectivity index (χ4v) is 2.46. The van der Waals surface area contributed by atoms with Crippen molar-refractivity contribution in [1.29, 1.82) is 0 Å². The average Bonchev–Trinajstić information content (AvgIpc) is 3.26. The predicted molar refractivity (Wildman–Crippen MR) is 89.0 cm³/mol. The first-order chi connectivity index (χ1) is 11.7. The molecule has 0 fully saturated rings. The lowest BCUT2D eigenvalue weighted by Gasteiger charge is -2.06. The van der Waals surface area contributed by atoms with Gasteiger partial charge in [-0.2, -0.15) is 0 Å². The normalized spacial score (nSPS) is 10.5. The van der Waals surface area contributed by atoms with Crippen molar-refractivity contribution < 1.29 is 18.4 Å². The molecule has 0 saturated carbocycles. The van der Waals surface area contributed by atoms with Gasteiger partial charge in [-0.25, -0.2) is 0 Å². The topological polar surface area (TPSA) is 90.4 Å². The van der Waals surface area contributed by atoms with E-state index in [0.717, 1.165) is 17.5 Å². The molecule has 0 bridgehead atoms. The predicted octanol–water partition coefficient (Wildman–Crippen LogP) is 3.46. The average molecular weight is 345 g/mol. The first-order valence-electron chi connectivity index (χ1n) is 7.27. The summed E-state index contributed by atoms with van der Waals surface area (Å²) >= 11 is 1.16. The highest BCUT2D eigenvalue weighted by Crippen LogP contribution is 2.23. The summed E-state index contributed by atoms with van der Waals surface area (Å²) in [5.74, 6) is 1.54. The van der Waals surface area contributed by atoms with Gasteiger partial charge in [0.15, 0.2) is 5.76 Å². The molecule has 0 spiro atoms. The van der Waals surface area contributed by atoms with E-state index in [1.54, 1.807) is 36.4 Å². The highest BCUT2D eigenvalue weighted by atomic mass is 32.2. The van der Waals surface area contributed by atoms with Crippen molar-refractivity contribution in [2.24, 2.45) is 0 Å². The molecular formula is C16H15N3O4S. The third-order valence-corrected chi connectivity index (χ3v) is 3.73. The van der Waals surface area contributed by atoms with Gasteiger partial charge in [-0.15, -0.1) is 10.2 Å². The minimum Gasteiger partial charge on any atom is -0.494 e. The maximum Gasteiger partial charge on any atom is 0.284 e. The molecular weight excluding hydrogens is 330 g/mol. The number of furan rings is 1. The van der Waals surface area contributed by atoms with E-state index in [1.165, 1.54) is 6.26 Å². The Morgan fingerprint density at radius 2 is 2.08 bits per heavy atom. The molecule has 124 valence electrons. The van der Waals surface area contributed by atoms with Gasteiger partial charge in [0.25, 0.3) is 11.1 Å². The molecule has 1 aromatic carbocycles. The van der Waals surface area contributed by atoms with Crippen LogP contribution in [0.25, 0.3) is 11.7 Å². The minimum absolute atomic E-state index is 0.160. The van der Waals surface area contributed by atoms with Crippen molar-refractivity contribution in [2.45, 2.75) is 12.1 Å². The van der Waals surface area contributed by atoms with E-state index in [4.69, 9.17) is 13.6 Å². The molecule has 0 saturated heterocycles. The molecule has 0 unspecified atom stereocenters. The van der Waals surface area contributed by atoms with Crippen LogP contribution in [0.1, 0.15) is 6.92 Å². The quantitative estimate of drug-likeness (QED) is 0.656. The molecule has 0 atom stereocenters. The van der Waals surface area contributed by atoms with Crippen LogP contribution in [0.4, 0.5) is 5.69 Å². The molecule has 0 aliphatic rings. The molecule has 3 rings (SSSR count). The standard InChI is InChI=1S/C16H15N3O4S/c1-2-21-12-7-5-11(6-8-12)17-14(20)10-24-16-19-18-15(23-16)13-4-3-9-22-13/h3-9H,2,10H2,1H3,(H,17,20).